The van der Waals surface area contributed by atoms with Crippen molar-refractivity contribution in [1.29, 1.82) is 0 Å². The third-order valence-corrected chi connectivity index (χ3v) is 3.38. The summed E-state index contributed by atoms with van der Waals surface area (Å²) in [5.41, 5.74) is 1.32. The van der Waals surface area contributed by atoms with Gasteiger partial charge in [-0.3, -0.25) is 0 Å². The molecule has 1 heterocycles. The number of nitrogens with one attached hydrogen (secondary N) is 1. The Hall–Kier alpha value is -0.760. The van der Waals surface area contributed by atoms with Crippen LogP contribution in [0.25, 0.3) is 0 Å². The molecule has 0 amide bonds. The zero-order valence-corrected chi connectivity index (χ0v) is 9.54. The van der Waals surface area contributed by atoms with Gasteiger partial charge in [-0.1, -0.05) is 26.2 Å². The van der Waals surface area contributed by atoms with Crippen LogP contribution in [-0.4, -0.2) is 6.54 Å². The Morgan fingerprint density at radius 1 is 1.53 bits per heavy atom. The first-order chi connectivity index (χ1) is 7.40. The zero-order chi connectivity index (χ0) is 10.5. The van der Waals surface area contributed by atoms with Crippen molar-refractivity contribution < 1.29 is 4.42 Å². The summed E-state index contributed by atoms with van der Waals surface area (Å²) in [5, 5.41) is 3.61. The zero-order valence-electron chi connectivity index (χ0n) is 9.54. The van der Waals surface area contributed by atoms with E-state index in [1.54, 1.807) is 6.26 Å². The van der Waals surface area contributed by atoms with Crippen LogP contribution in [0, 0.1) is 5.92 Å². The topological polar surface area (TPSA) is 25.2 Å². The Morgan fingerprint density at radius 3 is 2.93 bits per heavy atom. The van der Waals surface area contributed by atoms with Crippen LogP contribution in [-0.2, 0) is 0 Å². The second kappa shape index (κ2) is 5.36. The van der Waals surface area contributed by atoms with E-state index in [0.29, 0.717) is 6.04 Å². The van der Waals surface area contributed by atoms with Crippen LogP contribution >= 0.6 is 0 Å². The van der Waals surface area contributed by atoms with E-state index in [9.17, 15) is 0 Å². The van der Waals surface area contributed by atoms with Crippen LogP contribution in [0.1, 0.15) is 50.6 Å². The summed E-state index contributed by atoms with van der Waals surface area (Å²) in [5.74, 6) is 0.939. The van der Waals surface area contributed by atoms with Crippen molar-refractivity contribution in [3.8, 4) is 0 Å². The summed E-state index contributed by atoms with van der Waals surface area (Å²) in [7, 11) is 0. The summed E-state index contributed by atoms with van der Waals surface area (Å²) in [6.07, 6.45) is 10.4. The van der Waals surface area contributed by atoms with E-state index in [-0.39, 0.29) is 0 Å². The van der Waals surface area contributed by atoms with Crippen molar-refractivity contribution in [2.75, 3.05) is 6.54 Å². The summed E-state index contributed by atoms with van der Waals surface area (Å²) in [4.78, 5) is 0. The third kappa shape index (κ3) is 2.85. The van der Waals surface area contributed by atoms with Crippen molar-refractivity contribution in [1.82, 2.24) is 5.32 Å². The lowest BCUT2D eigenvalue weighted by atomic mass is 9.80. The maximum atomic E-state index is 5.17. The van der Waals surface area contributed by atoms with Crippen LogP contribution < -0.4 is 5.32 Å². The molecule has 1 N–H and O–H groups in total. The van der Waals surface area contributed by atoms with Gasteiger partial charge >= 0.3 is 0 Å². The van der Waals surface area contributed by atoms with Gasteiger partial charge in [-0.25, -0.2) is 0 Å². The first kappa shape index (κ1) is 10.7. The molecule has 84 valence electrons. The van der Waals surface area contributed by atoms with Crippen LogP contribution in [0.3, 0.4) is 0 Å². The number of rotatable bonds is 6. The normalized spacial score (nSPS) is 18.7. The minimum atomic E-state index is 0.508. The molecule has 1 aromatic rings. The number of hydrogen-bond acceptors (Lipinski definition) is 2. The van der Waals surface area contributed by atoms with Crippen LogP contribution in [0.15, 0.2) is 23.0 Å². The average Bonchev–Trinajstić information content (AvgIpc) is 2.68. The van der Waals surface area contributed by atoms with Crippen molar-refractivity contribution >= 4 is 0 Å². The summed E-state index contributed by atoms with van der Waals surface area (Å²) in [6, 6.07) is 2.60. The Labute approximate surface area is 92.1 Å². The summed E-state index contributed by atoms with van der Waals surface area (Å²) >= 11 is 0. The van der Waals surface area contributed by atoms with Crippen LogP contribution in [0.2, 0.25) is 0 Å². The van der Waals surface area contributed by atoms with E-state index in [0.717, 1.165) is 12.5 Å². The van der Waals surface area contributed by atoms with Crippen molar-refractivity contribution in [3.05, 3.63) is 24.2 Å². The second-order valence-corrected chi connectivity index (χ2v) is 4.60. The van der Waals surface area contributed by atoms with E-state index in [1.165, 1.54) is 37.7 Å². The van der Waals surface area contributed by atoms with Gasteiger partial charge in [-0.2, -0.15) is 0 Å². The molecule has 2 rings (SSSR count). The van der Waals surface area contributed by atoms with Gasteiger partial charge in [-0.15, -0.1) is 0 Å². The first-order valence-electron chi connectivity index (χ1n) is 6.15. The van der Waals surface area contributed by atoms with Gasteiger partial charge in [0.15, 0.2) is 0 Å². The molecule has 0 aliphatic heterocycles. The van der Waals surface area contributed by atoms with Gasteiger partial charge in [0.2, 0.25) is 0 Å². The Morgan fingerprint density at radius 2 is 2.40 bits per heavy atom. The first-order valence-corrected chi connectivity index (χ1v) is 6.15. The van der Waals surface area contributed by atoms with Crippen LogP contribution in [0.5, 0.6) is 0 Å². The van der Waals surface area contributed by atoms with Gasteiger partial charge in [0, 0.05) is 11.6 Å². The highest BCUT2D eigenvalue weighted by Gasteiger charge is 2.23. The lowest BCUT2D eigenvalue weighted by Crippen LogP contribution is -2.26. The SMILES string of the molecule is CCCNC(CC1CCC1)c1ccoc1. The molecule has 0 radical (unpaired) electrons. The fraction of sp³-hybridized carbons (Fsp3) is 0.692. The minimum Gasteiger partial charge on any atom is -0.472 e. The van der Waals surface area contributed by atoms with E-state index in [2.05, 4.69) is 18.3 Å². The van der Waals surface area contributed by atoms with Gasteiger partial charge in [0.25, 0.3) is 0 Å². The van der Waals surface area contributed by atoms with Gasteiger partial charge in [0.05, 0.1) is 12.5 Å². The molecule has 15 heavy (non-hydrogen) atoms. The van der Waals surface area contributed by atoms with Gasteiger partial charge < -0.3 is 9.73 Å². The average molecular weight is 207 g/mol. The summed E-state index contributed by atoms with van der Waals surface area (Å²) in [6.45, 7) is 3.31. The number of furan rings is 1. The lowest BCUT2D eigenvalue weighted by molar-refractivity contribution is 0.260. The summed E-state index contributed by atoms with van der Waals surface area (Å²) < 4.78 is 5.17. The predicted molar refractivity (Wildman–Crippen MR) is 61.7 cm³/mol. The van der Waals surface area contributed by atoms with E-state index in [1.807, 2.05) is 6.26 Å². The highest BCUT2D eigenvalue weighted by Crippen LogP contribution is 2.34. The molecule has 2 heteroatoms. The molecule has 0 spiro atoms. The van der Waals surface area contributed by atoms with E-state index >= 15 is 0 Å². The molecule has 1 atom stereocenters. The van der Waals surface area contributed by atoms with Gasteiger partial charge in [0.1, 0.15) is 0 Å². The van der Waals surface area contributed by atoms with E-state index in [4.69, 9.17) is 4.42 Å². The number of hydrogen-bond donors (Lipinski definition) is 1. The molecule has 1 saturated carbocycles. The fourth-order valence-corrected chi connectivity index (χ4v) is 2.19. The Balaban J connectivity index is 1.89. The minimum absolute atomic E-state index is 0.508. The molecule has 1 aromatic heterocycles. The molecule has 1 aliphatic carbocycles. The quantitative estimate of drug-likeness (QED) is 0.772. The molecule has 1 fully saturated rings. The molecule has 1 unspecified atom stereocenters. The standard InChI is InChI=1S/C13H21NO/c1-2-7-14-13(9-11-4-3-5-11)12-6-8-15-10-12/h6,8,10-11,13-14H,2-5,7,9H2,1H3. The largest absolute Gasteiger partial charge is 0.472 e. The second-order valence-electron chi connectivity index (χ2n) is 4.60. The monoisotopic (exact) mass is 207 g/mol. The highest BCUT2D eigenvalue weighted by molar-refractivity contribution is 5.11. The predicted octanol–water partition coefficient (Wildman–Crippen LogP) is 3.51. The van der Waals surface area contributed by atoms with Crippen LogP contribution in [0.4, 0.5) is 0 Å². The smallest absolute Gasteiger partial charge is 0.0950 e. The molecule has 1 aliphatic rings. The third-order valence-electron chi connectivity index (χ3n) is 3.38. The molecule has 0 saturated heterocycles. The molecular weight excluding hydrogens is 186 g/mol. The molecule has 0 aromatic carbocycles. The Kier molecular flexibility index (Phi) is 3.84. The maximum absolute atomic E-state index is 5.17. The maximum Gasteiger partial charge on any atom is 0.0950 e. The van der Waals surface area contributed by atoms with Crippen molar-refractivity contribution in [2.24, 2.45) is 5.92 Å². The fourth-order valence-electron chi connectivity index (χ4n) is 2.19. The molecule has 2 nitrogen and oxygen atoms in total. The van der Waals surface area contributed by atoms with E-state index < -0.39 is 0 Å². The highest BCUT2D eigenvalue weighted by atomic mass is 16.3. The van der Waals surface area contributed by atoms with Crippen molar-refractivity contribution in [2.45, 2.75) is 45.1 Å². The van der Waals surface area contributed by atoms with Crippen molar-refractivity contribution in [3.63, 3.8) is 0 Å². The molecular formula is C13H21NO. The van der Waals surface area contributed by atoms with Gasteiger partial charge in [-0.05, 0) is 31.4 Å². The molecule has 0 bridgehead atoms. The lowest BCUT2D eigenvalue weighted by Gasteiger charge is -2.29. The Bertz CT molecular complexity index is 264.